The summed E-state index contributed by atoms with van der Waals surface area (Å²) in [5.74, 6) is -0.278. The summed E-state index contributed by atoms with van der Waals surface area (Å²) in [7, 11) is 1.44. The number of alkyl halides is 3. The first-order chi connectivity index (χ1) is 16.2. The number of anilines is 1. The van der Waals surface area contributed by atoms with Crippen molar-refractivity contribution >= 4 is 18.0 Å². The highest BCUT2D eigenvalue weighted by Crippen LogP contribution is 2.33. The molecule has 10 heteroatoms. The van der Waals surface area contributed by atoms with Crippen LogP contribution in [0.3, 0.4) is 0 Å². The van der Waals surface area contributed by atoms with Crippen molar-refractivity contribution < 1.29 is 27.5 Å². The van der Waals surface area contributed by atoms with Gasteiger partial charge in [-0.15, -0.1) is 0 Å². The lowest BCUT2D eigenvalue weighted by Gasteiger charge is -2.30. The van der Waals surface area contributed by atoms with E-state index in [0.29, 0.717) is 36.3 Å². The quantitative estimate of drug-likeness (QED) is 0.502. The highest BCUT2D eigenvalue weighted by atomic mass is 19.4. The number of rotatable bonds is 8. The Labute approximate surface area is 195 Å². The molecule has 0 radical (unpaired) electrons. The van der Waals surface area contributed by atoms with Crippen molar-refractivity contribution in [3.63, 3.8) is 0 Å². The first-order valence-electron chi connectivity index (χ1n) is 10.8. The smallest absolute Gasteiger partial charge is 0.416 e. The standard InChI is InChI=1S/C24H25F3N4O3/c1-34-22-9-2-15(10-16(22)12-28)13-29-23(33)20-11-17(24(25,26)27)3-8-21(20)31-19-6-4-18(5-7-19)30-14-32/h2-3,8-11,14,18-19,31H,4-7,13H2,1H3,(H,29,33)(H,30,32). The number of nitriles is 1. The molecule has 3 N–H and O–H groups in total. The van der Waals surface area contributed by atoms with Crippen molar-refractivity contribution in [2.75, 3.05) is 12.4 Å². The Morgan fingerprint density at radius 1 is 1.15 bits per heavy atom. The molecule has 0 aliphatic heterocycles. The minimum atomic E-state index is -4.59. The van der Waals surface area contributed by atoms with Crippen LogP contribution >= 0.6 is 0 Å². The lowest BCUT2D eigenvalue weighted by Crippen LogP contribution is -2.36. The number of hydrogen-bond donors (Lipinski definition) is 3. The lowest BCUT2D eigenvalue weighted by atomic mass is 9.91. The van der Waals surface area contributed by atoms with Crippen LogP contribution in [0, 0.1) is 11.3 Å². The van der Waals surface area contributed by atoms with E-state index in [-0.39, 0.29) is 29.8 Å². The second-order valence-corrected chi connectivity index (χ2v) is 8.06. The summed E-state index contributed by atoms with van der Waals surface area (Å²) >= 11 is 0. The van der Waals surface area contributed by atoms with Gasteiger partial charge in [0.2, 0.25) is 6.41 Å². The van der Waals surface area contributed by atoms with Gasteiger partial charge in [-0.05, 0) is 61.6 Å². The monoisotopic (exact) mass is 474 g/mol. The number of nitrogens with zero attached hydrogens (tertiary/aromatic N) is 1. The Balaban J connectivity index is 1.77. The number of carbonyl (C=O) groups excluding carboxylic acids is 2. The average Bonchev–Trinajstić information content (AvgIpc) is 2.83. The summed E-state index contributed by atoms with van der Waals surface area (Å²) in [5.41, 5.74) is 0.170. The van der Waals surface area contributed by atoms with Gasteiger partial charge in [0.15, 0.2) is 0 Å². The van der Waals surface area contributed by atoms with Crippen LogP contribution in [0.25, 0.3) is 0 Å². The van der Waals surface area contributed by atoms with Gasteiger partial charge in [0.25, 0.3) is 5.91 Å². The van der Waals surface area contributed by atoms with Crippen molar-refractivity contribution in [1.29, 1.82) is 5.26 Å². The molecule has 0 unspecified atom stereocenters. The van der Waals surface area contributed by atoms with Gasteiger partial charge in [0.05, 0.1) is 23.8 Å². The topological polar surface area (TPSA) is 103 Å². The third-order valence-electron chi connectivity index (χ3n) is 5.82. The van der Waals surface area contributed by atoms with E-state index in [9.17, 15) is 28.0 Å². The number of benzene rings is 2. The van der Waals surface area contributed by atoms with E-state index in [1.165, 1.54) is 13.2 Å². The Kier molecular flexibility index (Phi) is 7.99. The fourth-order valence-electron chi connectivity index (χ4n) is 3.98. The zero-order chi connectivity index (χ0) is 24.7. The molecule has 1 aliphatic rings. The molecule has 2 aromatic carbocycles. The second-order valence-electron chi connectivity index (χ2n) is 8.06. The fourth-order valence-corrected chi connectivity index (χ4v) is 3.98. The number of ether oxygens (including phenoxy) is 1. The van der Waals surface area contributed by atoms with E-state index in [0.717, 1.165) is 25.0 Å². The van der Waals surface area contributed by atoms with E-state index in [2.05, 4.69) is 16.0 Å². The normalized spacial score (nSPS) is 17.9. The number of methoxy groups -OCH3 is 1. The van der Waals surface area contributed by atoms with Crippen LogP contribution in [0.5, 0.6) is 5.75 Å². The van der Waals surface area contributed by atoms with Gasteiger partial charge in [-0.1, -0.05) is 6.07 Å². The van der Waals surface area contributed by atoms with Crippen LogP contribution in [0.2, 0.25) is 0 Å². The highest BCUT2D eigenvalue weighted by molar-refractivity contribution is 6.00. The van der Waals surface area contributed by atoms with Crippen LogP contribution in [-0.4, -0.2) is 31.5 Å². The zero-order valence-electron chi connectivity index (χ0n) is 18.5. The van der Waals surface area contributed by atoms with E-state index < -0.39 is 17.6 Å². The Morgan fingerprint density at radius 3 is 2.47 bits per heavy atom. The van der Waals surface area contributed by atoms with Gasteiger partial charge in [-0.3, -0.25) is 9.59 Å². The molecule has 1 aliphatic carbocycles. The van der Waals surface area contributed by atoms with Crippen molar-refractivity contribution in [3.8, 4) is 11.8 Å². The van der Waals surface area contributed by atoms with Crippen LogP contribution in [0.15, 0.2) is 36.4 Å². The summed E-state index contributed by atoms with van der Waals surface area (Å²) in [6.45, 7) is 0.0235. The molecule has 0 aromatic heterocycles. The lowest BCUT2D eigenvalue weighted by molar-refractivity contribution is -0.137. The minimum absolute atomic E-state index is 0.0235. The first-order valence-corrected chi connectivity index (χ1v) is 10.8. The summed E-state index contributed by atoms with van der Waals surface area (Å²) in [6, 6.07) is 9.91. The maximum Gasteiger partial charge on any atom is 0.416 e. The molecule has 0 spiro atoms. The number of halogens is 3. The molecule has 2 aromatic rings. The van der Waals surface area contributed by atoms with Gasteiger partial charge in [0, 0.05) is 24.3 Å². The van der Waals surface area contributed by atoms with Crippen molar-refractivity contribution in [2.24, 2.45) is 0 Å². The van der Waals surface area contributed by atoms with Gasteiger partial charge in [-0.2, -0.15) is 18.4 Å². The average molecular weight is 474 g/mol. The molecule has 1 fully saturated rings. The van der Waals surface area contributed by atoms with Gasteiger partial charge >= 0.3 is 6.18 Å². The molecule has 0 bridgehead atoms. The molecule has 3 rings (SSSR count). The molecular formula is C24H25F3N4O3. The van der Waals surface area contributed by atoms with Crippen LogP contribution in [-0.2, 0) is 17.5 Å². The molecule has 7 nitrogen and oxygen atoms in total. The van der Waals surface area contributed by atoms with Crippen molar-refractivity contribution in [2.45, 2.75) is 50.5 Å². The van der Waals surface area contributed by atoms with Crippen LogP contribution in [0.4, 0.5) is 18.9 Å². The SMILES string of the molecule is COc1ccc(CNC(=O)c2cc(C(F)(F)F)ccc2NC2CCC(NC=O)CC2)cc1C#N. The minimum Gasteiger partial charge on any atom is -0.495 e. The predicted molar refractivity (Wildman–Crippen MR) is 119 cm³/mol. The predicted octanol–water partition coefficient (Wildman–Crippen LogP) is 3.98. The van der Waals surface area contributed by atoms with Gasteiger partial charge in [0.1, 0.15) is 11.8 Å². The van der Waals surface area contributed by atoms with Gasteiger partial charge < -0.3 is 20.7 Å². The molecule has 0 saturated heterocycles. The maximum atomic E-state index is 13.3. The van der Waals surface area contributed by atoms with E-state index in [1.54, 1.807) is 18.2 Å². The third-order valence-corrected chi connectivity index (χ3v) is 5.82. The largest absolute Gasteiger partial charge is 0.495 e. The van der Waals surface area contributed by atoms with Gasteiger partial charge in [-0.25, -0.2) is 0 Å². The van der Waals surface area contributed by atoms with E-state index in [4.69, 9.17) is 4.74 Å². The number of amides is 2. The first kappa shape index (κ1) is 24.9. The summed E-state index contributed by atoms with van der Waals surface area (Å²) in [4.78, 5) is 23.5. The number of nitrogens with one attached hydrogen (secondary N) is 3. The number of hydrogen-bond acceptors (Lipinski definition) is 5. The Morgan fingerprint density at radius 2 is 1.85 bits per heavy atom. The Bertz CT molecular complexity index is 1070. The summed E-state index contributed by atoms with van der Waals surface area (Å²) in [6.07, 6.45) is -1.05. The second kappa shape index (κ2) is 10.9. The third kappa shape index (κ3) is 6.19. The van der Waals surface area contributed by atoms with Crippen LogP contribution < -0.4 is 20.7 Å². The molecule has 0 heterocycles. The fraction of sp³-hybridized carbons (Fsp3) is 0.375. The zero-order valence-corrected chi connectivity index (χ0v) is 18.5. The van der Waals surface area contributed by atoms with Crippen molar-refractivity contribution in [1.82, 2.24) is 10.6 Å². The molecule has 1 saturated carbocycles. The maximum absolute atomic E-state index is 13.3. The molecular weight excluding hydrogens is 449 g/mol. The molecule has 180 valence electrons. The van der Waals surface area contributed by atoms with E-state index in [1.807, 2.05) is 6.07 Å². The summed E-state index contributed by atoms with van der Waals surface area (Å²) in [5, 5.41) is 17.8. The highest BCUT2D eigenvalue weighted by Gasteiger charge is 2.32. The molecule has 34 heavy (non-hydrogen) atoms. The Hall–Kier alpha value is -3.74. The number of carbonyl (C=O) groups is 2. The van der Waals surface area contributed by atoms with Crippen LogP contribution in [0.1, 0.15) is 52.7 Å². The molecule has 2 amide bonds. The van der Waals surface area contributed by atoms with E-state index >= 15 is 0 Å². The molecule has 0 atom stereocenters. The summed E-state index contributed by atoms with van der Waals surface area (Å²) < 4.78 is 45.0. The van der Waals surface area contributed by atoms with Crippen molar-refractivity contribution in [3.05, 3.63) is 58.7 Å².